The Bertz CT molecular complexity index is 957. The number of carbonyl (C=O) groups is 2. The molecule has 1 aliphatic rings. The molecule has 0 saturated carbocycles. The van der Waals surface area contributed by atoms with Gasteiger partial charge in [0.05, 0.1) is 18.1 Å². The topological polar surface area (TPSA) is 55.8 Å². The summed E-state index contributed by atoms with van der Waals surface area (Å²) in [6, 6.07) is 15.7. The van der Waals surface area contributed by atoms with Crippen molar-refractivity contribution in [1.29, 1.82) is 0 Å². The first kappa shape index (κ1) is 23.0. The highest BCUT2D eigenvalue weighted by molar-refractivity contribution is 8.26. The van der Waals surface area contributed by atoms with Crippen molar-refractivity contribution in [3.8, 4) is 5.75 Å². The summed E-state index contributed by atoms with van der Waals surface area (Å²) >= 11 is 6.68. The van der Waals surface area contributed by atoms with Crippen LogP contribution in [0.15, 0.2) is 59.5 Å². The number of ether oxygens (including phenoxy) is 2. The molecule has 0 spiro atoms. The monoisotopic (exact) mass is 455 g/mol. The maximum Gasteiger partial charge on any atom is 0.333 e. The zero-order valence-corrected chi connectivity index (χ0v) is 19.2. The van der Waals surface area contributed by atoms with E-state index in [4.69, 9.17) is 21.7 Å². The number of carbonyl (C=O) groups excluding carboxylic acids is 2. The molecule has 1 heterocycles. The van der Waals surface area contributed by atoms with E-state index in [9.17, 15) is 9.59 Å². The van der Waals surface area contributed by atoms with Crippen LogP contribution in [-0.2, 0) is 14.3 Å². The van der Waals surface area contributed by atoms with Crippen LogP contribution < -0.4 is 4.74 Å². The Morgan fingerprint density at radius 1 is 1.06 bits per heavy atom. The maximum absolute atomic E-state index is 13.2. The van der Waals surface area contributed by atoms with Gasteiger partial charge in [-0.15, -0.1) is 0 Å². The van der Waals surface area contributed by atoms with E-state index in [2.05, 4.69) is 6.92 Å². The fraction of sp³-hybridized carbons (Fsp3) is 0.292. The van der Waals surface area contributed by atoms with Crippen LogP contribution in [0, 0.1) is 0 Å². The second-order valence-corrected chi connectivity index (χ2v) is 8.63. The van der Waals surface area contributed by atoms with Gasteiger partial charge in [-0.2, -0.15) is 0 Å². The van der Waals surface area contributed by atoms with Crippen LogP contribution in [0.25, 0.3) is 6.08 Å². The van der Waals surface area contributed by atoms with Crippen LogP contribution >= 0.6 is 24.0 Å². The van der Waals surface area contributed by atoms with Gasteiger partial charge in [0.25, 0.3) is 5.91 Å². The van der Waals surface area contributed by atoms with Crippen molar-refractivity contribution in [2.45, 2.75) is 32.7 Å². The first-order chi connectivity index (χ1) is 15.0. The molecule has 1 fully saturated rings. The summed E-state index contributed by atoms with van der Waals surface area (Å²) in [6.07, 6.45) is 3.42. The minimum atomic E-state index is -0.907. The summed E-state index contributed by atoms with van der Waals surface area (Å²) < 4.78 is 11.3. The van der Waals surface area contributed by atoms with Crippen molar-refractivity contribution in [2.24, 2.45) is 0 Å². The number of benzene rings is 2. The lowest BCUT2D eigenvalue weighted by Crippen LogP contribution is -2.38. The minimum Gasteiger partial charge on any atom is -0.494 e. The Labute approximate surface area is 192 Å². The van der Waals surface area contributed by atoms with Crippen LogP contribution in [0.1, 0.15) is 43.9 Å². The molecule has 0 radical (unpaired) electrons. The normalized spacial score (nSPS) is 15.9. The Balaban J connectivity index is 1.85. The fourth-order valence-corrected chi connectivity index (χ4v) is 4.35. The number of hydrogen-bond donors (Lipinski definition) is 0. The van der Waals surface area contributed by atoms with E-state index in [1.807, 2.05) is 49.4 Å². The Hall–Kier alpha value is -2.64. The third-order valence-corrected chi connectivity index (χ3v) is 5.85. The molecule has 0 aliphatic carbocycles. The van der Waals surface area contributed by atoms with Gasteiger partial charge in [-0.05, 0) is 42.2 Å². The molecule has 0 N–H and O–H groups in total. The number of amides is 1. The van der Waals surface area contributed by atoms with Crippen molar-refractivity contribution in [3.05, 3.63) is 70.6 Å². The lowest BCUT2D eigenvalue weighted by molar-refractivity contribution is -0.151. The van der Waals surface area contributed by atoms with Crippen LogP contribution in [0.5, 0.6) is 5.75 Å². The third-order valence-electron chi connectivity index (χ3n) is 4.52. The number of thioether (sulfide) groups is 1. The van der Waals surface area contributed by atoms with Gasteiger partial charge < -0.3 is 9.47 Å². The van der Waals surface area contributed by atoms with Gasteiger partial charge in [-0.1, -0.05) is 80.3 Å². The van der Waals surface area contributed by atoms with Gasteiger partial charge in [-0.3, -0.25) is 9.69 Å². The van der Waals surface area contributed by atoms with Crippen LogP contribution in [-0.4, -0.2) is 34.3 Å². The molecule has 5 nitrogen and oxygen atoms in total. The Morgan fingerprint density at radius 2 is 1.74 bits per heavy atom. The Kier molecular flexibility index (Phi) is 8.26. The van der Waals surface area contributed by atoms with Gasteiger partial charge >= 0.3 is 5.97 Å². The second-order valence-electron chi connectivity index (χ2n) is 6.95. The quantitative estimate of drug-likeness (QED) is 0.288. The highest BCUT2D eigenvalue weighted by Crippen LogP contribution is 2.38. The smallest absolute Gasteiger partial charge is 0.333 e. The molecule has 0 bridgehead atoms. The van der Waals surface area contributed by atoms with Crippen LogP contribution in [0.2, 0.25) is 0 Å². The van der Waals surface area contributed by atoms with Crippen molar-refractivity contribution < 1.29 is 19.1 Å². The SMILES string of the molecule is CCCOC(=O)C(c1ccccc1)N1C(=O)/C(=C/c2ccc(OCCC)cc2)SC1=S. The lowest BCUT2D eigenvalue weighted by Gasteiger charge is -2.25. The van der Waals surface area contributed by atoms with Crippen molar-refractivity contribution in [3.63, 3.8) is 0 Å². The number of hydrogen-bond acceptors (Lipinski definition) is 6. The van der Waals surface area contributed by atoms with Gasteiger partial charge in [0.15, 0.2) is 6.04 Å². The van der Waals surface area contributed by atoms with Gasteiger partial charge in [0.1, 0.15) is 10.1 Å². The summed E-state index contributed by atoms with van der Waals surface area (Å²) in [5, 5.41) is 0. The minimum absolute atomic E-state index is 0.291. The standard InChI is InChI=1S/C24H25NO4S2/c1-3-14-28-19-12-10-17(11-13-19)16-20-22(26)25(24(30)31-20)21(23(27)29-15-4-2)18-8-6-5-7-9-18/h5-13,16,21H,3-4,14-15H2,1-2H3/b20-16-. The molecule has 1 unspecified atom stereocenters. The predicted molar refractivity (Wildman–Crippen MR) is 128 cm³/mol. The second kappa shape index (κ2) is 11.1. The molecule has 7 heteroatoms. The van der Waals surface area contributed by atoms with E-state index in [0.29, 0.717) is 34.4 Å². The average Bonchev–Trinajstić information content (AvgIpc) is 3.06. The molecular formula is C24H25NO4S2. The third kappa shape index (κ3) is 5.74. The largest absolute Gasteiger partial charge is 0.494 e. The first-order valence-electron chi connectivity index (χ1n) is 10.3. The number of rotatable bonds is 9. The van der Waals surface area contributed by atoms with E-state index >= 15 is 0 Å². The molecule has 31 heavy (non-hydrogen) atoms. The van der Waals surface area contributed by atoms with Crippen molar-refractivity contribution in [2.75, 3.05) is 13.2 Å². The van der Waals surface area contributed by atoms with Crippen molar-refractivity contribution in [1.82, 2.24) is 4.90 Å². The molecule has 0 aromatic heterocycles. The lowest BCUT2D eigenvalue weighted by atomic mass is 10.1. The molecule has 1 amide bonds. The van der Waals surface area contributed by atoms with E-state index < -0.39 is 12.0 Å². The van der Waals surface area contributed by atoms with Crippen LogP contribution in [0.4, 0.5) is 0 Å². The maximum atomic E-state index is 13.2. The molecule has 2 aromatic rings. The first-order valence-corrected chi connectivity index (χ1v) is 11.5. The summed E-state index contributed by atoms with van der Waals surface area (Å²) in [5.74, 6) is 0.000923. The summed E-state index contributed by atoms with van der Waals surface area (Å²) in [4.78, 5) is 27.9. The van der Waals surface area contributed by atoms with Crippen molar-refractivity contribution >= 4 is 46.3 Å². The molecular weight excluding hydrogens is 430 g/mol. The molecule has 2 aromatic carbocycles. The van der Waals surface area contributed by atoms with E-state index in [0.717, 1.165) is 17.7 Å². The number of esters is 1. The highest BCUT2D eigenvalue weighted by Gasteiger charge is 2.42. The molecule has 1 saturated heterocycles. The number of thiocarbonyl (C=S) groups is 1. The Morgan fingerprint density at radius 3 is 2.39 bits per heavy atom. The zero-order chi connectivity index (χ0) is 22.2. The zero-order valence-electron chi connectivity index (χ0n) is 17.6. The van der Waals surface area contributed by atoms with Gasteiger partial charge in [0, 0.05) is 0 Å². The number of nitrogens with zero attached hydrogens (tertiary/aromatic N) is 1. The summed E-state index contributed by atoms with van der Waals surface area (Å²) in [6.45, 7) is 4.93. The molecule has 1 atom stereocenters. The van der Waals surface area contributed by atoms with E-state index in [1.54, 1.807) is 18.2 Å². The predicted octanol–water partition coefficient (Wildman–Crippen LogP) is 5.37. The van der Waals surface area contributed by atoms with E-state index in [1.165, 1.54) is 16.7 Å². The van der Waals surface area contributed by atoms with E-state index in [-0.39, 0.29) is 5.91 Å². The summed E-state index contributed by atoms with van der Waals surface area (Å²) in [7, 11) is 0. The van der Waals surface area contributed by atoms with Gasteiger partial charge in [0.2, 0.25) is 0 Å². The molecule has 1 aliphatic heterocycles. The molecule has 162 valence electrons. The average molecular weight is 456 g/mol. The highest BCUT2D eigenvalue weighted by atomic mass is 32.2. The summed E-state index contributed by atoms with van der Waals surface area (Å²) in [5.41, 5.74) is 1.52. The molecule has 3 rings (SSSR count). The fourth-order valence-electron chi connectivity index (χ4n) is 3.04. The van der Waals surface area contributed by atoms with Crippen LogP contribution in [0.3, 0.4) is 0 Å². The van der Waals surface area contributed by atoms with Gasteiger partial charge in [-0.25, -0.2) is 4.79 Å².